The van der Waals surface area contributed by atoms with Crippen molar-refractivity contribution in [1.29, 1.82) is 0 Å². The van der Waals surface area contributed by atoms with Gasteiger partial charge < -0.3 is 9.84 Å². The van der Waals surface area contributed by atoms with Crippen LogP contribution in [0.4, 0.5) is 0 Å². The number of halogens is 1. The predicted octanol–water partition coefficient (Wildman–Crippen LogP) is 3.41. The van der Waals surface area contributed by atoms with Crippen LogP contribution < -0.4 is 4.74 Å². The minimum absolute atomic E-state index is 0.608. The highest BCUT2D eigenvalue weighted by Gasteiger charge is 2.11. The Hall–Kier alpha value is -1.33. The molecule has 1 fully saturated rings. The first-order chi connectivity index (χ1) is 10.2. The minimum Gasteiger partial charge on any atom is -0.490 e. The Labute approximate surface area is 133 Å². The maximum Gasteiger partial charge on any atom is 0.328 e. The van der Waals surface area contributed by atoms with Crippen molar-refractivity contribution in [1.82, 2.24) is 4.90 Å². The number of benzene rings is 1. The SMILES string of the molecule is O=C(O)C=Cc1cccc(Br)c1OCCN1CCCCC1. The summed E-state index contributed by atoms with van der Waals surface area (Å²) in [6.45, 7) is 3.80. The average molecular weight is 354 g/mol. The fraction of sp³-hybridized carbons (Fsp3) is 0.438. The number of ether oxygens (including phenoxy) is 1. The van der Waals surface area contributed by atoms with Gasteiger partial charge >= 0.3 is 5.97 Å². The number of rotatable bonds is 6. The second-order valence-corrected chi connectivity index (χ2v) is 5.93. The summed E-state index contributed by atoms with van der Waals surface area (Å²) in [5.74, 6) is -0.263. The normalized spacial score (nSPS) is 16.2. The second kappa shape index (κ2) is 8.20. The van der Waals surface area contributed by atoms with Crippen LogP contribution in [-0.4, -0.2) is 42.2 Å². The molecule has 5 heteroatoms. The van der Waals surface area contributed by atoms with Crippen LogP contribution in [0.25, 0.3) is 6.08 Å². The van der Waals surface area contributed by atoms with E-state index in [0.29, 0.717) is 12.4 Å². The van der Waals surface area contributed by atoms with E-state index < -0.39 is 5.97 Å². The third-order valence-electron chi connectivity index (χ3n) is 3.51. The minimum atomic E-state index is -0.964. The molecule has 0 bridgehead atoms. The zero-order chi connectivity index (χ0) is 15.1. The van der Waals surface area contributed by atoms with Crippen molar-refractivity contribution in [2.45, 2.75) is 19.3 Å². The van der Waals surface area contributed by atoms with Gasteiger partial charge in [0.1, 0.15) is 12.4 Å². The van der Waals surface area contributed by atoms with E-state index in [0.717, 1.165) is 35.7 Å². The second-order valence-electron chi connectivity index (χ2n) is 5.08. The largest absolute Gasteiger partial charge is 0.490 e. The zero-order valence-electron chi connectivity index (χ0n) is 11.9. The van der Waals surface area contributed by atoms with Gasteiger partial charge in [-0.2, -0.15) is 0 Å². The Balaban J connectivity index is 1.96. The van der Waals surface area contributed by atoms with E-state index in [9.17, 15) is 4.79 Å². The highest BCUT2D eigenvalue weighted by molar-refractivity contribution is 9.10. The summed E-state index contributed by atoms with van der Waals surface area (Å²) in [5, 5.41) is 8.74. The summed E-state index contributed by atoms with van der Waals surface area (Å²) in [6, 6.07) is 5.61. The Morgan fingerprint density at radius 2 is 2.10 bits per heavy atom. The Kier molecular flexibility index (Phi) is 6.26. The molecule has 1 heterocycles. The highest BCUT2D eigenvalue weighted by Crippen LogP contribution is 2.30. The van der Waals surface area contributed by atoms with Gasteiger partial charge in [-0.05, 0) is 54.0 Å². The number of carboxylic acids is 1. The van der Waals surface area contributed by atoms with E-state index in [1.165, 1.54) is 19.3 Å². The Morgan fingerprint density at radius 3 is 2.81 bits per heavy atom. The summed E-state index contributed by atoms with van der Waals surface area (Å²) < 4.78 is 6.71. The molecule has 0 saturated carbocycles. The van der Waals surface area contributed by atoms with Crippen LogP contribution in [0.1, 0.15) is 24.8 Å². The third-order valence-corrected chi connectivity index (χ3v) is 4.13. The molecule has 1 saturated heterocycles. The predicted molar refractivity (Wildman–Crippen MR) is 86.6 cm³/mol. The van der Waals surface area contributed by atoms with Crippen LogP contribution in [-0.2, 0) is 4.79 Å². The van der Waals surface area contributed by atoms with Crippen LogP contribution in [0, 0.1) is 0 Å². The number of hydrogen-bond donors (Lipinski definition) is 1. The van der Waals surface area contributed by atoms with Gasteiger partial charge in [-0.15, -0.1) is 0 Å². The lowest BCUT2D eigenvalue weighted by atomic mass is 10.1. The Morgan fingerprint density at radius 1 is 1.33 bits per heavy atom. The van der Waals surface area contributed by atoms with Crippen molar-refractivity contribution in [3.05, 3.63) is 34.3 Å². The number of nitrogens with zero attached hydrogens (tertiary/aromatic N) is 1. The molecule has 0 aliphatic carbocycles. The molecule has 0 radical (unpaired) electrons. The van der Waals surface area contributed by atoms with Gasteiger partial charge in [-0.1, -0.05) is 18.6 Å². The lowest BCUT2D eigenvalue weighted by Crippen LogP contribution is -2.33. The molecule has 1 aromatic carbocycles. The number of carbonyl (C=O) groups is 1. The number of carboxylic acid groups (broad SMARTS) is 1. The summed E-state index contributed by atoms with van der Waals surface area (Å²) in [7, 11) is 0. The van der Waals surface area contributed by atoms with Gasteiger partial charge in [0, 0.05) is 18.2 Å². The number of hydrogen-bond acceptors (Lipinski definition) is 3. The smallest absolute Gasteiger partial charge is 0.328 e. The maximum absolute atomic E-state index is 10.6. The summed E-state index contributed by atoms with van der Waals surface area (Å²) >= 11 is 3.46. The fourth-order valence-corrected chi connectivity index (χ4v) is 2.93. The fourth-order valence-electron chi connectivity index (χ4n) is 2.43. The lowest BCUT2D eigenvalue weighted by molar-refractivity contribution is -0.131. The number of likely N-dealkylation sites (tertiary alicyclic amines) is 1. The van der Waals surface area contributed by atoms with E-state index in [-0.39, 0.29) is 0 Å². The molecule has 0 unspecified atom stereocenters. The monoisotopic (exact) mass is 353 g/mol. The van der Waals surface area contributed by atoms with Crippen molar-refractivity contribution in [3.63, 3.8) is 0 Å². The molecule has 0 aromatic heterocycles. The van der Waals surface area contributed by atoms with E-state index >= 15 is 0 Å². The summed E-state index contributed by atoms with van der Waals surface area (Å²) in [4.78, 5) is 13.1. The topological polar surface area (TPSA) is 49.8 Å². The molecule has 0 amide bonds. The summed E-state index contributed by atoms with van der Waals surface area (Å²) in [6.07, 6.45) is 6.54. The van der Waals surface area contributed by atoms with Crippen LogP contribution in [0.5, 0.6) is 5.75 Å². The van der Waals surface area contributed by atoms with Crippen molar-refractivity contribution in [2.24, 2.45) is 0 Å². The number of aliphatic carboxylic acids is 1. The molecular weight excluding hydrogens is 334 g/mol. The maximum atomic E-state index is 10.6. The van der Waals surface area contributed by atoms with Gasteiger partial charge in [0.25, 0.3) is 0 Å². The molecule has 1 aliphatic heterocycles. The van der Waals surface area contributed by atoms with Crippen molar-refractivity contribution < 1.29 is 14.6 Å². The molecular formula is C16H20BrNO3. The molecule has 1 N–H and O–H groups in total. The quantitative estimate of drug-likeness (QED) is 0.796. The molecule has 4 nitrogen and oxygen atoms in total. The van der Waals surface area contributed by atoms with Gasteiger partial charge in [0.05, 0.1) is 4.47 Å². The van der Waals surface area contributed by atoms with Crippen molar-refractivity contribution in [2.75, 3.05) is 26.2 Å². The molecule has 21 heavy (non-hydrogen) atoms. The first kappa shape index (κ1) is 16.0. The molecule has 114 valence electrons. The van der Waals surface area contributed by atoms with Crippen molar-refractivity contribution >= 4 is 28.0 Å². The van der Waals surface area contributed by atoms with E-state index in [1.807, 2.05) is 18.2 Å². The van der Waals surface area contributed by atoms with E-state index in [2.05, 4.69) is 20.8 Å². The van der Waals surface area contributed by atoms with Crippen LogP contribution >= 0.6 is 15.9 Å². The van der Waals surface area contributed by atoms with Gasteiger partial charge in [0.15, 0.2) is 0 Å². The summed E-state index contributed by atoms with van der Waals surface area (Å²) in [5.41, 5.74) is 0.769. The van der Waals surface area contributed by atoms with Gasteiger partial charge in [-0.3, -0.25) is 4.90 Å². The molecule has 0 atom stereocenters. The third kappa shape index (κ3) is 5.17. The van der Waals surface area contributed by atoms with Crippen molar-refractivity contribution in [3.8, 4) is 5.75 Å². The van der Waals surface area contributed by atoms with Crippen LogP contribution in [0.2, 0.25) is 0 Å². The van der Waals surface area contributed by atoms with Crippen LogP contribution in [0.15, 0.2) is 28.7 Å². The standard InChI is InChI=1S/C16H20BrNO3/c17-14-6-4-5-13(7-8-15(19)20)16(14)21-12-11-18-9-2-1-3-10-18/h4-8H,1-3,9-12H2,(H,19,20). The zero-order valence-corrected chi connectivity index (χ0v) is 13.5. The van der Waals surface area contributed by atoms with Gasteiger partial charge in [0.2, 0.25) is 0 Å². The van der Waals surface area contributed by atoms with E-state index in [1.54, 1.807) is 6.08 Å². The molecule has 0 spiro atoms. The number of piperidine rings is 1. The molecule has 2 rings (SSSR count). The lowest BCUT2D eigenvalue weighted by Gasteiger charge is -2.26. The Bertz CT molecular complexity index is 510. The molecule has 1 aromatic rings. The first-order valence-electron chi connectivity index (χ1n) is 7.21. The first-order valence-corrected chi connectivity index (χ1v) is 8.01. The van der Waals surface area contributed by atoms with E-state index in [4.69, 9.17) is 9.84 Å². The average Bonchev–Trinajstić information content (AvgIpc) is 2.48. The van der Waals surface area contributed by atoms with Gasteiger partial charge in [-0.25, -0.2) is 4.79 Å². The van der Waals surface area contributed by atoms with Crippen LogP contribution in [0.3, 0.4) is 0 Å². The molecule has 1 aliphatic rings. The highest BCUT2D eigenvalue weighted by atomic mass is 79.9. The number of para-hydroxylation sites is 1.